The topological polar surface area (TPSA) is 105 Å². The van der Waals surface area contributed by atoms with Crippen molar-refractivity contribution in [3.63, 3.8) is 0 Å². The number of pyridine rings is 1. The van der Waals surface area contributed by atoms with Gasteiger partial charge < -0.3 is 9.84 Å². The number of hydrogen-bond acceptors (Lipinski definition) is 6. The van der Waals surface area contributed by atoms with E-state index < -0.39 is 10.0 Å². The Bertz CT molecular complexity index is 1040. The summed E-state index contributed by atoms with van der Waals surface area (Å²) < 4.78 is 33.1. The lowest BCUT2D eigenvalue weighted by Gasteiger charge is -2.36. The van der Waals surface area contributed by atoms with Gasteiger partial charge in [0.15, 0.2) is 5.69 Å². The fourth-order valence-corrected chi connectivity index (χ4v) is 5.74. The second kappa shape index (κ2) is 9.31. The SMILES string of the molecule is CC(C)CCc1ccc(S(=O)(=O)N2CC[C@@H](NC(=O)c3cc(C4CC4)on3)C[C@@H]2C)cn1. The van der Waals surface area contributed by atoms with E-state index >= 15 is 0 Å². The summed E-state index contributed by atoms with van der Waals surface area (Å²) in [5.74, 6) is 1.48. The van der Waals surface area contributed by atoms with Crippen LogP contribution in [0, 0.1) is 5.92 Å². The molecule has 0 unspecified atom stereocenters. The van der Waals surface area contributed by atoms with Crippen LogP contribution in [0.15, 0.2) is 33.8 Å². The Morgan fingerprint density at radius 2 is 2.06 bits per heavy atom. The molecule has 0 radical (unpaired) electrons. The molecule has 2 fully saturated rings. The van der Waals surface area contributed by atoms with Crippen molar-refractivity contribution in [3.8, 4) is 0 Å². The van der Waals surface area contributed by atoms with Gasteiger partial charge in [-0.2, -0.15) is 4.31 Å². The second-order valence-electron chi connectivity index (χ2n) is 9.47. The number of carbonyl (C=O) groups is 1. The van der Waals surface area contributed by atoms with Crippen molar-refractivity contribution >= 4 is 15.9 Å². The van der Waals surface area contributed by atoms with Gasteiger partial charge in [0.2, 0.25) is 10.0 Å². The summed E-state index contributed by atoms with van der Waals surface area (Å²) in [4.78, 5) is 17.1. The molecule has 32 heavy (non-hydrogen) atoms. The molecule has 3 heterocycles. The highest BCUT2D eigenvalue weighted by Gasteiger charge is 2.36. The number of nitrogens with zero attached hydrogens (tertiary/aromatic N) is 3. The maximum atomic E-state index is 13.2. The second-order valence-corrected chi connectivity index (χ2v) is 11.4. The summed E-state index contributed by atoms with van der Waals surface area (Å²) in [6.07, 6.45) is 6.57. The molecule has 2 atom stereocenters. The van der Waals surface area contributed by atoms with Crippen molar-refractivity contribution in [3.05, 3.63) is 41.5 Å². The predicted molar refractivity (Wildman–Crippen MR) is 120 cm³/mol. The highest BCUT2D eigenvalue weighted by Crippen LogP contribution is 2.40. The molecule has 1 aliphatic carbocycles. The van der Waals surface area contributed by atoms with Gasteiger partial charge in [-0.05, 0) is 63.5 Å². The number of piperidine rings is 1. The largest absolute Gasteiger partial charge is 0.360 e. The summed E-state index contributed by atoms with van der Waals surface area (Å²) in [7, 11) is -3.63. The van der Waals surface area contributed by atoms with Gasteiger partial charge in [-0.3, -0.25) is 9.78 Å². The van der Waals surface area contributed by atoms with Gasteiger partial charge in [0, 0.05) is 42.5 Å². The van der Waals surface area contributed by atoms with E-state index in [0.717, 1.165) is 37.1 Å². The van der Waals surface area contributed by atoms with Gasteiger partial charge in [0.1, 0.15) is 10.7 Å². The van der Waals surface area contributed by atoms with Gasteiger partial charge in [-0.1, -0.05) is 19.0 Å². The van der Waals surface area contributed by atoms with Gasteiger partial charge in [0.25, 0.3) is 5.91 Å². The number of nitrogens with one attached hydrogen (secondary N) is 1. The standard InChI is InChI=1S/C23H32N4O4S/c1-15(2)4-7-18-8-9-20(14-24-18)32(29,30)27-11-10-19(12-16(27)3)25-23(28)21-13-22(31-26-21)17-5-6-17/h8-9,13-17,19H,4-7,10-12H2,1-3H3,(H,25,28)/t16-,19+/m0/s1. The maximum Gasteiger partial charge on any atom is 0.273 e. The predicted octanol–water partition coefficient (Wildman–Crippen LogP) is 3.51. The molecule has 1 saturated heterocycles. The lowest BCUT2D eigenvalue weighted by Crippen LogP contribution is -2.50. The Balaban J connectivity index is 1.35. The van der Waals surface area contributed by atoms with Crippen molar-refractivity contribution in [2.24, 2.45) is 5.92 Å². The molecule has 9 heteroatoms. The minimum absolute atomic E-state index is 0.110. The molecule has 0 bridgehead atoms. The third kappa shape index (κ3) is 5.20. The van der Waals surface area contributed by atoms with Gasteiger partial charge >= 0.3 is 0 Å². The summed E-state index contributed by atoms with van der Waals surface area (Å²) in [6, 6.07) is 4.83. The molecule has 1 aliphatic heterocycles. The summed E-state index contributed by atoms with van der Waals surface area (Å²) in [6.45, 7) is 6.53. The fourth-order valence-electron chi connectivity index (χ4n) is 4.14. The molecule has 2 aliphatic rings. The van der Waals surface area contributed by atoms with E-state index in [-0.39, 0.29) is 22.9 Å². The molecule has 1 amide bonds. The zero-order chi connectivity index (χ0) is 22.9. The summed E-state index contributed by atoms with van der Waals surface area (Å²) >= 11 is 0. The normalized spacial score (nSPS) is 22.2. The van der Waals surface area contributed by atoms with Crippen molar-refractivity contribution in [1.29, 1.82) is 0 Å². The summed E-state index contributed by atoms with van der Waals surface area (Å²) in [5, 5.41) is 6.87. The third-order valence-electron chi connectivity index (χ3n) is 6.27. The molecule has 2 aromatic heterocycles. The quantitative estimate of drug-likeness (QED) is 0.646. The van der Waals surface area contributed by atoms with Gasteiger partial charge in [-0.25, -0.2) is 8.42 Å². The van der Waals surface area contributed by atoms with E-state index in [1.807, 2.05) is 6.92 Å². The maximum absolute atomic E-state index is 13.2. The Morgan fingerprint density at radius 3 is 2.69 bits per heavy atom. The van der Waals surface area contributed by atoms with Gasteiger partial charge in [-0.15, -0.1) is 0 Å². The summed E-state index contributed by atoms with van der Waals surface area (Å²) in [5.41, 5.74) is 1.20. The monoisotopic (exact) mass is 460 g/mol. The van der Waals surface area contributed by atoms with Crippen LogP contribution in [0.2, 0.25) is 0 Å². The van der Waals surface area contributed by atoms with E-state index in [1.54, 1.807) is 18.2 Å². The van der Waals surface area contributed by atoms with Crippen LogP contribution in [0.1, 0.15) is 80.7 Å². The van der Waals surface area contributed by atoms with Crippen LogP contribution >= 0.6 is 0 Å². The highest BCUT2D eigenvalue weighted by atomic mass is 32.2. The van der Waals surface area contributed by atoms with Crippen LogP contribution in [-0.2, 0) is 16.4 Å². The zero-order valence-corrected chi connectivity index (χ0v) is 19.8. The number of rotatable bonds is 8. The first kappa shape index (κ1) is 22.9. The van der Waals surface area contributed by atoms with E-state index in [2.05, 4.69) is 29.3 Å². The zero-order valence-electron chi connectivity index (χ0n) is 19.0. The Hall–Kier alpha value is -2.26. The molecule has 174 valence electrons. The lowest BCUT2D eigenvalue weighted by molar-refractivity contribution is 0.0905. The van der Waals surface area contributed by atoms with Crippen molar-refractivity contribution in [1.82, 2.24) is 19.8 Å². The fraction of sp³-hybridized carbons (Fsp3) is 0.609. The van der Waals surface area contributed by atoms with Crippen molar-refractivity contribution in [2.75, 3.05) is 6.54 Å². The minimum atomic E-state index is -3.63. The number of carbonyl (C=O) groups excluding carboxylic acids is 1. The van der Waals surface area contributed by atoms with Gasteiger partial charge in [0.05, 0.1) is 0 Å². The number of hydrogen-bond donors (Lipinski definition) is 1. The average Bonchev–Trinajstić information content (AvgIpc) is 3.48. The number of aryl methyl sites for hydroxylation is 1. The van der Waals surface area contributed by atoms with Crippen LogP contribution in [0.3, 0.4) is 0 Å². The lowest BCUT2D eigenvalue weighted by atomic mass is 10.0. The smallest absolute Gasteiger partial charge is 0.273 e. The highest BCUT2D eigenvalue weighted by molar-refractivity contribution is 7.89. The first-order valence-electron chi connectivity index (χ1n) is 11.5. The Morgan fingerprint density at radius 1 is 1.28 bits per heavy atom. The third-order valence-corrected chi connectivity index (χ3v) is 8.27. The van der Waals surface area contributed by atoms with Crippen molar-refractivity contribution in [2.45, 2.75) is 82.2 Å². The molecule has 0 aromatic carbocycles. The molecular weight excluding hydrogens is 428 g/mol. The molecule has 1 saturated carbocycles. The molecule has 4 rings (SSSR count). The Labute approximate surface area is 189 Å². The number of aromatic nitrogens is 2. The number of amides is 1. The van der Waals surface area contributed by atoms with Crippen molar-refractivity contribution < 1.29 is 17.7 Å². The van der Waals surface area contributed by atoms with Crippen LogP contribution in [0.5, 0.6) is 0 Å². The van der Waals surface area contributed by atoms with Crippen LogP contribution < -0.4 is 5.32 Å². The molecular formula is C23H32N4O4S. The van der Waals surface area contributed by atoms with E-state index in [0.29, 0.717) is 36.9 Å². The molecule has 1 N–H and O–H groups in total. The number of sulfonamides is 1. The Kier molecular flexibility index (Phi) is 6.67. The van der Waals surface area contributed by atoms with Crippen LogP contribution in [-0.4, -0.2) is 47.4 Å². The first-order chi connectivity index (χ1) is 15.2. The molecule has 0 spiro atoms. The van der Waals surface area contributed by atoms with E-state index in [1.165, 1.54) is 10.5 Å². The van der Waals surface area contributed by atoms with E-state index in [4.69, 9.17) is 4.52 Å². The minimum Gasteiger partial charge on any atom is -0.360 e. The van der Waals surface area contributed by atoms with E-state index in [9.17, 15) is 13.2 Å². The molecule has 8 nitrogen and oxygen atoms in total. The van der Waals surface area contributed by atoms with Crippen LogP contribution in [0.4, 0.5) is 0 Å². The van der Waals surface area contributed by atoms with Crippen LogP contribution in [0.25, 0.3) is 0 Å². The average molecular weight is 461 g/mol. The first-order valence-corrected chi connectivity index (χ1v) is 12.9. The molecule has 2 aromatic rings.